The number of aromatic nitrogens is 2. The average Bonchev–Trinajstić information content (AvgIpc) is 4.39. The molecule has 16 heteroatoms. The molecule has 0 bridgehead atoms. The second kappa shape index (κ2) is 28.9. The molecule has 1 N–H and O–H groups in total. The zero-order valence-corrected chi connectivity index (χ0v) is 51.5. The number of amides is 3. The Bertz CT molecular complexity index is 3090. The number of carbonyl (C=O) groups is 3. The van der Waals surface area contributed by atoms with E-state index in [1.54, 1.807) is 42.5 Å². The van der Waals surface area contributed by atoms with Crippen LogP contribution in [-0.2, 0) is 14.3 Å². The molecule has 0 spiro atoms. The van der Waals surface area contributed by atoms with Crippen LogP contribution in [0.1, 0.15) is 137 Å². The van der Waals surface area contributed by atoms with Crippen molar-refractivity contribution in [2.45, 2.75) is 141 Å². The van der Waals surface area contributed by atoms with Gasteiger partial charge in [0.05, 0.1) is 44.3 Å². The van der Waals surface area contributed by atoms with Gasteiger partial charge in [0.15, 0.2) is 0 Å². The fourth-order valence-electron chi connectivity index (χ4n) is 12.9. The van der Waals surface area contributed by atoms with E-state index in [2.05, 4.69) is 96.6 Å². The van der Waals surface area contributed by atoms with Gasteiger partial charge < -0.3 is 43.5 Å². The third-order valence-electron chi connectivity index (χ3n) is 17.8. The SMILES string of the molecule is COc1ncc(-c2cccc(N(CC3CCC(c4ccc(OC)c(C)c4)CC3)C(=O)C3CCC(O)CC3)c2)s1.COc1ncc(-c2cccc(N(CC3CCC(c4ccc(OC)c(C)c4)CC3)C(=O)C3CCC(OC(=O)N(C)C)CC3)c2)s1. The van der Waals surface area contributed by atoms with Crippen molar-refractivity contribution in [3.05, 3.63) is 120 Å². The van der Waals surface area contributed by atoms with E-state index in [1.807, 2.05) is 34.3 Å². The van der Waals surface area contributed by atoms with Crippen LogP contribution in [0, 0.1) is 37.5 Å². The molecule has 4 fully saturated rings. The predicted octanol–water partition coefficient (Wildman–Crippen LogP) is 14.7. The zero-order valence-electron chi connectivity index (χ0n) is 49.9. The number of thiazole rings is 2. The molecule has 10 rings (SSSR count). The molecule has 2 aromatic heterocycles. The van der Waals surface area contributed by atoms with Crippen LogP contribution in [0.15, 0.2) is 97.3 Å². The maximum atomic E-state index is 14.3. The number of aryl methyl sites for hydroxylation is 2. The van der Waals surface area contributed by atoms with Crippen molar-refractivity contribution in [2.24, 2.45) is 23.7 Å². The number of nitrogens with zero attached hydrogens (tertiary/aromatic N) is 5. The van der Waals surface area contributed by atoms with Crippen molar-refractivity contribution in [1.29, 1.82) is 0 Å². The molecule has 444 valence electrons. The molecule has 83 heavy (non-hydrogen) atoms. The number of anilines is 2. The first-order valence-electron chi connectivity index (χ1n) is 29.9. The third-order valence-corrected chi connectivity index (χ3v) is 19.8. The van der Waals surface area contributed by atoms with E-state index in [0.717, 1.165) is 127 Å². The fraction of sp³-hybridized carbons (Fsp3) is 0.507. The monoisotopic (exact) mass is 1170 g/mol. The average molecular weight is 1170 g/mol. The van der Waals surface area contributed by atoms with Crippen molar-refractivity contribution < 1.29 is 43.2 Å². The molecule has 6 aromatic rings. The number of aliphatic hydroxyl groups is 1. The van der Waals surface area contributed by atoms with Gasteiger partial charge in [-0.3, -0.25) is 9.59 Å². The Morgan fingerprint density at radius 1 is 0.530 bits per heavy atom. The third kappa shape index (κ3) is 15.6. The lowest BCUT2D eigenvalue weighted by molar-refractivity contribution is -0.125. The number of benzene rings is 4. The Kier molecular flexibility index (Phi) is 21.2. The minimum atomic E-state index is -0.321. The number of methoxy groups -OCH3 is 4. The number of carbonyl (C=O) groups excluding carboxylic acids is 3. The van der Waals surface area contributed by atoms with Gasteiger partial charge in [-0.1, -0.05) is 71.2 Å². The van der Waals surface area contributed by atoms with Crippen molar-refractivity contribution in [2.75, 3.05) is 65.4 Å². The maximum absolute atomic E-state index is 14.3. The van der Waals surface area contributed by atoms with Gasteiger partial charge in [0.2, 0.25) is 11.8 Å². The number of ether oxygens (including phenoxy) is 5. The summed E-state index contributed by atoms with van der Waals surface area (Å²) in [5.41, 5.74) is 9.08. The lowest BCUT2D eigenvalue weighted by atomic mass is 9.78. The highest BCUT2D eigenvalue weighted by Gasteiger charge is 2.36. The van der Waals surface area contributed by atoms with E-state index in [-0.39, 0.29) is 42.0 Å². The maximum Gasteiger partial charge on any atom is 0.409 e. The van der Waals surface area contributed by atoms with Gasteiger partial charge in [-0.15, -0.1) is 0 Å². The number of rotatable bonds is 17. The number of hydrogen-bond donors (Lipinski definition) is 1. The molecule has 0 radical (unpaired) electrons. The van der Waals surface area contributed by atoms with Crippen LogP contribution in [0.25, 0.3) is 20.9 Å². The second-order valence-electron chi connectivity index (χ2n) is 23.5. The topological polar surface area (TPSA) is 153 Å². The van der Waals surface area contributed by atoms with E-state index in [1.165, 1.54) is 49.8 Å². The Balaban J connectivity index is 0.000000201. The summed E-state index contributed by atoms with van der Waals surface area (Å²) >= 11 is 3.00. The van der Waals surface area contributed by atoms with Gasteiger partial charge in [0.1, 0.15) is 17.6 Å². The highest BCUT2D eigenvalue weighted by Crippen LogP contribution is 2.42. The number of hydrogen-bond acceptors (Lipinski definition) is 13. The quantitative estimate of drug-likeness (QED) is 0.0928. The van der Waals surface area contributed by atoms with Crippen LogP contribution in [0.5, 0.6) is 21.9 Å². The van der Waals surface area contributed by atoms with Gasteiger partial charge in [0, 0.05) is 62.8 Å². The van der Waals surface area contributed by atoms with Crippen molar-refractivity contribution in [3.63, 3.8) is 0 Å². The summed E-state index contributed by atoms with van der Waals surface area (Å²) in [6.07, 6.45) is 17.6. The Morgan fingerprint density at radius 2 is 0.952 bits per heavy atom. The standard InChI is InChI=1S/C35H45N3O5S.C32H40N2O4S/c1-23-19-27(15-18-31(23)41-4)25-11-9-24(10-12-25)22-38(29-8-6-7-28(20-29)32-21-36-34(42-5)44-32)33(39)26-13-16-30(17-14-26)43-35(40)37(2)3;1-21-17-25(13-16-29(21)37-2)23-9-7-22(8-10-23)20-34(31(36)24-11-14-28(35)15-12-24)27-6-4-5-26(18-27)30-19-33-32(38-3)39-30/h6-8,15,18-21,24-26,30H,9-14,16-17,22H2,1-5H3;4-6,13,16-19,22-24,28,35H,7-12,14-15,20H2,1-3H3. The summed E-state index contributed by atoms with van der Waals surface area (Å²) in [5, 5.41) is 11.3. The summed E-state index contributed by atoms with van der Waals surface area (Å²) in [7, 11) is 10.1. The van der Waals surface area contributed by atoms with Crippen molar-refractivity contribution in [1.82, 2.24) is 14.9 Å². The van der Waals surface area contributed by atoms with Crippen LogP contribution in [0.3, 0.4) is 0 Å². The van der Waals surface area contributed by atoms with Gasteiger partial charge in [0.25, 0.3) is 10.4 Å². The number of aliphatic hydroxyl groups excluding tert-OH is 1. The summed E-state index contributed by atoms with van der Waals surface area (Å²) in [6.45, 7) is 5.66. The summed E-state index contributed by atoms with van der Waals surface area (Å²) < 4.78 is 27.2. The minimum absolute atomic E-state index is 0.0285. The van der Waals surface area contributed by atoms with Gasteiger partial charge in [-0.2, -0.15) is 0 Å². The molecule has 14 nitrogen and oxygen atoms in total. The minimum Gasteiger partial charge on any atom is -0.496 e. The second-order valence-corrected chi connectivity index (χ2v) is 25.5. The smallest absolute Gasteiger partial charge is 0.409 e. The van der Waals surface area contributed by atoms with Crippen molar-refractivity contribution >= 4 is 52.0 Å². The van der Waals surface area contributed by atoms with E-state index < -0.39 is 0 Å². The molecular formula is C67H85N5O9S2. The van der Waals surface area contributed by atoms with Crippen LogP contribution in [-0.4, -0.2) is 106 Å². The molecule has 0 atom stereocenters. The molecule has 2 heterocycles. The Hall–Kier alpha value is -6.49. The Morgan fingerprint density at radius 3 is 1.33 bits per heavy atom. The fourth-order valence-corrected chi connectivity index (χ4v) is 14.3. The lowest BCUT2D eigenvalue weighted by Crippen LogP contribution is -2.42. The zero-order chi connectivity index (χ0) is 58.6. The van der Waals surface area contributed by atoms with Crippen molar-refractivity contribution in [3.8, 4) is 42.8 Å². The lowest BCUT2D eigenvalue weighted by Gasteiger charge is -2.36. The largest absolute Gasteiger partial charge is 0.496 e. The summed E-state index contributed by atoms with van der Waals surface area (Å²) in [4.78, 5) is 56.6. The van der Waals surface area contributed by atoms with E-state index >= 15 is 0 Å². The van der Waals surface area contributed by atoms with Crippen LogP contribution < -0.4 is 28.7 Å². The highest BCUT2D eigenvalue weighted by molar-refractivity contribution is 7.17. The normalized spacial score (nSPS) is 22.5. The molecule has 4 aliphatic carbocycles. The van der Waals surface area contributed by atoms with Crippen LogP contribution in [0.2, 0.25) is 0 Å². The molecule has 0 saturated heterocycles. The molecule has 4 aromatic carbocycles. The van der Waals surface area contributed by atoms with Gasteiger partial charge in [-0.25, -0.2) is 14.8 Å². The summed E-state index contributed by atoms with van der Waals surface area (Å²) in [5.74, 6) is 4.11. The van der Waals surface area contributed by atoms with E-state index in [4.69, 9.17) is 23.7 Å². The molecule has 0 unspecified atom stereocenters. The highest BCUT2D eigenvalue weighted by atomic mass is 32.1. The van der Waals surface area contributed by atoms with E-state index in [0.29, 0.717) is 66.3 Å². The van der Waals surface area contributed by atoms with E-state index in [9.17, 15) is 19.5 Å². The summed E-state index contributed by atoms with van der Waals surface area (Å²) in [6, 6.07) is 29.7. The molecule has 4 aliphatic rings. The van der Waals surface area contributed by atoms with Gasteiger partial charge in [-0.05, 0) is 210 Å². The van der Waals surface area contributed by atoms with Gasteiger partial charge >= 0.3 is 6.09 Å². The predicted molar refractivity (Wildman–Crippen MR) is 332 cm³/mol. The Labute approximate surface area is 499 Å². The first-order valence-corrected chi connectivity index (χ1v) is 31.5. The first-order chi connectivity index (χ1) is 40.2. The van der Waals surface area contributed by atoms with Crippen LogP contribution in [0.4, 0.5) is 16.2 Å². The first kappa shape index (κ1) is 61.1. The molecule has 3 amide bonds. The molecule has 4 saturated carbocycles. The molecule has 0 aliphatic heterocycles. The molecular weight excluding hydrogens is 1080 g/mol. The van der Waals surface area contributed by atoms with Crippen LogP contribution >= 0.6 is 22.7 Å².